The van der Waals surface area contributed by atoms with Crippen LogP contribution in [0.15, 0.2) is 54.6 Å². The Kier molecular flexibility index (Phi) is 3.53. The summed E-state index contributed by atoms with van der Waals surface area (Å²) in [5.74, 6) is -0.144. The van der Waals surface area contributed by atoms with Crippen LogP contribution in [0.3, 0.4) is 0 Å². The third-order valence-electron chi connectivity index (χ3n) is 2.58. The maximum atomic E-state index is 11.9. The SMILES string of the molecule is Cc1cccc(C(=N)NC(=O)c2ccccc2)c1. The molecule has 18 heavy (non-hydrogen) atoms. The number of benzene rings is 2. The summed E-state index contributed by atoms with van der Waals surface area (Å²) in [6, 6.07) is 16.4. The summed E-state index contributed by atoms with van der Waals surface area (Å²) in [5, 5.41) is 10.5. The molecule has 0 radical (unpaired) electrons. The average Bonchev–Trinajstić information content (AvgIpc) is 2.39. The highest BCUT2D eigenvalue weighted by molar-refractivity contribution is 6.11. The van der Waals surface area contributed by atoms with Gasteiger partial charge in [-0.2, -0.15) is 0 Å². The van der Waals surface area contributed by atoms with Crippen LogP contribution in [0.2, 0.25) is 0 Å². The molecule has 0 fully saturated rings. The van der Waals surface area contributed by atoms with Gasteiger partial charge in [0.15, 0.2) is 0 Å². The van der Waals surface area contributed by atoms with Crippen LogP contribution in [0.1, 0.15) is 21.5 Å². The number of carbonyl (C=O) groups is 1. The van der Waals surface area contributed by atoms with Crippen molar-refractivity contribution in [2.75, 3.05) is 0 Å². The lowest BCUT2D eigenvalue weighted by atomic mass is 10.1. The first kappa shape index (κ1) is 12.0. The summed E-state index contributed by atoms with van der Waals surface area (Å²) in [4.78, 5) is 11.9. The van der Waals surface area contributed by atoms with Gasteiger partial charge < -0.3 is 5.32 Å². The molecule has 3 heteroatoms. The van der Waals surface area contributed by atoms with Crippen molar-refractivity contribution in [2.24, 2.45) is 0 Å². The quantitative estimate of drug-likeness (QED) is 0.613. The van der Waals surface area contributed by atoms with E-state index in [0.717, 1.165) is 5.56 Å². The van der Waals surface area contributed by atoms with Crippen LogP contribution >= 0.6 is 0 Å². The molecule has 0 saturated carbocycles. The molecule has 3 nitrogen and oxygen atoms in total. The van der Waals surface area contributed by atoms with E-state index in [1.807, 2.05) is 31.2 Å². The molecule has 0 bridgehead atoms. The average molecular weight is 238 g/mol. The molecule has 0 aliphatic rings. The number of amides is 1. The summed E-state index contributed by atoms with van der Waals surface area (Å²) in [7, 11) is 0. The van der Waals surface area contributed by atoms with Crippen molar-refractivity contribution >= 4 is 11.7 Å². The molecule has 2 N–H and O–H groups in total. The van der Waals surface area contributed by atoms with Crippen LogP contribution in [-0.4, -0.2) is 11.7 Å². The van der Waals surface area contributed by atoms with Crippen molar-refractivity contribution in [2.45, 2.75) is 6.92 Å². The first-order valence-corrected chi connectivity index (χ1v) is 5.69. The first-order valence-electron chi connectivity index (χ1n) is 5.69. The first-order chi connectivity index (χ1) is 8.66. The number of rotatable bonds is 2. The number of carbonyl (C=O) groups excluding carboxylic acids is 1. The van der Waals surface area contributed by atoms with Crippen molar-refractivity contribution in [1.29, 1.82) is 5.41 Å². The molecule has 0 spiro atoms. The highest BCUT2D eigenvalue weighted by Crippen LogP contribution is 2.04. The summed E-state index contributed by atoms with van der Waals surface area (Å²) in [6.07, 6.45) is 0. The monoisotopic (exact) mass is 238 g/mol. The Morgan fingerprint density at radius 1 is 1.00 bits per heavy atom. The zero-order valence-electron chi connectivity index (χ0n) is 10.1. The minimum atomic E-state index is -0.262. The third-order valence-corrected chi connectivity index (χ3v) is 2.58. The lowest BCUT2D eigenvalue weighted by Crippen LogP contribution is -2.30. The predicted octanol–water partition coefficient (Wildman–Crippen LogP) is 2.75. The van der Waals surface area contributed by atoms with E-state index < -0.39 is 0 Å². The van der Waals surface area contributed by atoms with Crippen LogP contribution in [0.25, 0.3) is 0 Å². The second-order valence-corrected chi connectivity index (χ2v) is 4.06. The van der Waals surface area contributed by atoms with Gasteiger partial charge in [0.1, 0.15) is 5.84 Å². The van der Waals surface area contributed by atoms with Gasteiger partial charge in [0.2, 0.25) is 0 Å². The van der Waals surface area contributed by atoms with Gasteiger partial charge in [-0.3, -0.25) is 10.2 Å². The fraction of sp³-hybridized carbons (Fsp3) is 0.0667. The van der Waals surface area contributed by atoms with Gasteiger partial charge in [0.05, 0.1) is 0 Å². The van der Waals surface area contributed by atoms with Gasteiger partial charge in [0, 0.05) is 11.1 Å². The number of aryl methyl sites for hydroxylation is 1. The Hall–Kier alpha value is -2.42. The molecule has 0 saturated heterocycles. The minimum Gasteiger partial charge on any atom is -0.307 e. The zero-order valence-corrected chi connectivity index (χ0v) is 10.1. The second kappa shape index (κ2) is 5.27. The van der Waals surface area contributed by atoms with Gasteiger partial charge in [-0.05, 0) is 25.1 Å². The topological polar surface area (TPSA) is 53.0 Å². The van der Waals surface area contributed by atoms with Crippen molar-refractivity contribution in [3.8, 4) is 0 Å². The molecule has 0 heterocycles. The van der Waals surface area contributed by atoms with Crippen molar-refractivity contribution in [1.82, 2.24) is 5.32 Å². The molecule has 90 valence electrons. The highest BCUT2D eigenvalue weighted by atomic mass is 16.1. The van der Waals surface area contributed by atoms with Gasteiger partial charge >= 0.3 is 0 Å². The van der Waals surface area contributed by atoms with E-state index in [4.69, 9.17) is 5.41 Å². The molecule has 0 aliphatic heterocycles. The van der Waals surface area contributed by atoms with E-state index in [-0.39, 0.29) is 11.7 Å². The number of hydrogen-bond acceptors (Lipinski definition) is 2. The fourth-order valence-corrected chi connectivity index (χ4v) is 1.65. The van der Waals surface area contributed by atoms with Crippen LogP contribution in [0.4, 0.5) is 0 Å². The Labute approximate surface area is 106 Å². The largest absolute Gasteiger partial charge is 0.307 e. The highest BCUT2D eigenvalue weighted by Gasteiger charge is 2.08. The predicted molar refractivity (Wildman–Crippen MR) is 71.9 cm³/mol. The number of amidine groups is 1. The van der Waals surface area contributed by atoms with Crippen LogP contribution in [0, 0.1) is 12.3 Å². The normalized spacial score (nSPS) is 9.83. The van der Waals surface area contributed by atoms with Gasteiger partial charge in [-0.1, -0.05) is 42.0 Å². The molecule has 2 rings (SSSR count). The van der Waals surface area contributed by atoms with Crippen LogP contribution in [0.5, 0.6) is 0 Å². The second-order valence-electron chi connectivity index (χ2n) is 4.06. The smallest absolute Gasteiger partial charge is 0.256 e. The molecule has 0 aromatic heterocycles. The van der Waals surface area contributed by atoms with Gasteiger partial charge in [-0.15, -0.1) is 0 Å². The molecule has 2 aromatic carbocycles. The fourth-order valence-electron chi connectivity index (χ4n) is 1.65. The summed E-state index contributed by atoms with van der Waals surface area (Å²) < 4.78 is 0. The van der Waals surface area contributed by atoms with Crippen LogP contribution in [-0.2, 0) is 0 Å². The molecule has 0 atom stereocenters. The Morgan fingerprint density at radius 2 is 1.67 bits per heavy atom. The van der Waals surface area contributed by atoms with Crippen LogP contribution < -0.4 is 5.32 Å². The molecule has 0 aliphatic carbocycles. The number of nitrogens with one attached hydrogen (secondary N) is 2. The standard InChI is InChI=1S/C15H14N2O/c1-11-6-5-9-13(10-11)14(16)17-15(18)12-7-3-2-4-8-12/h2-10H,1H3,(H2,16,17,18). The maximum Gasteiger partial charge on any atom is 0.256 e. The van der Waals surface area contributed by atoms with Gasteiger partial charge in [-0.25, -0.2) is 0 Å². The zero-order chi connectivity index (χ0) is 13.0. The van der Waals surface area contributed by atoms with E-state index >= 15 is 0 Å². The summed E-state index contributed by atoms with van der Waals surface area (Å²) in [5.41, 5.74) is 2.32. The molecular weight excluding hydrogens is 224 g/mol. The van der Waals surface area contributed by atoms with Crippen molar-refractivity contribution in [3.63, 3.8) is 0 Å². The Bertz CT molecular complexity index is 576. The Balaban J connectivity index is 2.11. The molecular formula is C15H14N2O. The molecule has 0 unspecified atom stereocenters. The van der Waals surface area contributed by atoms with Crippen molar-refractivity contribution < 1.29 is 4.79 Å². The van der Waals surface area contributed by atoms with E-state index in [1.54, 1.807) is 30.3 Å². The van der Waals surface area contributed by atoms with Crippen molar-refractivity contribution in [3.05, 3.63) is 71.3 Å². The molecule has 1 amide bonds. The minimum absolute atomic E-state index is 0.118. The third kappa shape index (κ3) is 2.83. The Morgan fingerprint density at radius 3 is 2.33 bits per heavy atom. The lowest BCUT2D eigenvalue weighted by Gasteiger charge is -2.07. The summed E-state index contributed by atoms with van der Waals surface area (Å²) in [6.45, 7) is 1.95. The lowest BCUT2D eigenvalue weighted by molar-refractivity contribution is 0.0977. The van der Waals surface area contributed by atoms with E-state index in [1.165, 1.54) is 0 Å². The van der Waals surface area contributed by atoms with Gasteiger partial charge in [0.25, 0.3) is 5.91 Å². The number of hydrogen-bond donors (Lipinski definition) is 2. The maximum absolute atomic E-state index is 11.9. The van der Waals surface area contributed by atoms with E-state index in [9.17, 15) is 4.79 Å². The summed E-state index contributed by atoms with van der Waals surface area (Å²) >= 11 is 0. The molecule has 2 aromatic rings. The van der Waals surface area contributed by atoms with E-state index in [2.05, 4.69) is 5.32 Å². The van der Waals surface area contributed by atoms with E-state index in [0.29, 0.717) is 11.1 Å².